The van der Waals surface area contributed by atoms with Gasteiger partial charge in [-0.15, -0.1) is 0 Å². The summed E-state index contributed by atoms with van der Waals surface area (Å²) in [6.45, 7) is 8.76. The number of rotatable bonds is 7. The van der Waals surface area contributed by atoms with Gasteiger partial charge in [-0.3, -0.25) is 5.01 Å². The minimum Gasteiger partial charge on any atom is -0.342 e. The standard InChI is InChI=1S/C18H29N3S/c1-5-7-11-18(12-8-6-2)19-17(22)21(20-18)16-10-9-14(3)15(4)13-16/h9-10,13,20H,5-8,11-12H2,1-4H3,(H,19,22). The first-order chi connectivity index (χ1) is 10.5. The van der Waals surface area contributed by atoms with Crippen LogP contribution in [0.15, 0.2) is 18.2 Å². The molecule has 4 heteroatoms. The van der Waals surface area contributed by atoms with Crippen LogP contribution in [0.25, 0.3) is 0 Å². The van der Waals surface area contributed by atoms with Crippen LogP contribution in [0.1, 0.15) is 63.5 Å². The van der Waals surface area contributed by atoms with Crippen LogP contribution in [0.3, 0.4) is 0 Å². The lowest BCUT2D eigenvalue weighted by atomic mass is 9.97. The lowest BCUT2D eigenvalue weighted by Gasteiger charge is -2.30. The number of thiocarbonyl (C=S) groups is 1. The van der Waals surface area contributed by atoms with Crippen molar-refractivity contribution in [2.24, 2.45) is 0 Å². The van der Waals surface area contributed by atoms with Gasteiger partial charge >= 0.3 is 0 Å². The van der Waals surface area contributed by atoms with E-state index in [9.17, 15) is 0 Å². The smallest absolute Gasteiger partial charge is 0.189 e. The van der Waals surface area contributed by atoms with E-state index in [0.717, 1.165) is 23.6 Å². The number of nitrogens with zero attached hydrogens (tertiary/aromatic N) is 1. The monoisotopic (exact) mass is 319 g/mol. The van der Waals surface area contributed by atoms with Gasteiger partial charge in [0.1, 0.15) is 5.66 Å². The summed E-state index contributed by atoms with van der Waals surface area (Å²) in [6.07, 6.45) is 7.01. The molecule has 3 nitrogen and oxygen atoms in total. The molecule has 1 heterocycles. The lowest BCUT2D eigenvalue weighted by molar-refractivity contribution is 0.276. The van der Waals surface area contributed by atoms with E-state index in [1.165, 1.54) is 36.8 Å². The Kier molecular flexibility index (Phi) is 5.81. The van der Waals surface area contributed by atoms with Crippen molar-refractivity contribution in [2.45, 2.75) is 71.9 Å². The SMILES string of the molecule is CCCCC1(CCCC)NC(=S)N(c2ccc(C)c(C)c2)N1. The van der Waals surface area contributed by atoms with E-state index >= 15 is 0 Å². The summed E-state index contributed by atoms with van der Waals surface area (Å²) in [4.78, 5) is 0. The summed E-state index contributed by atoms with van der Waals surface area (Å²) >= 11 is 5.60. The first kappa shape index (κ1) is 17.2. The van der Waals surface area contributed by atoms with E-state index in [2.05, 4.69) is 56.6 Å². The Morgan fingerprint density at radius 3 is 2.23 bits per heavy atom. The minimum absolute atomic E-state index is 0.0815. The first-order valence-corrected chi connectivity index (χ1v) is 8.89. The van der Waals surface area contributed by atoms with Crippen molar-refractivity contribution in [1.29, 1.82) is 0 Å². The van der Waals surface area contributed by atoms with Gasteiger partial charge in [0.15, 0.2) is 5.11 Å². The molecule has 2 N–H and O–H groups in total. The fraction of sp³-hybridized carbons (Fsp3) is 0.611. The Hall–Kier alpha value is -1.13. The van der Waals surface area contributed by atoms with Gasteiger partial charge in [-0.1, -0.05) is 32.8 Å². The molecule has 22 heavy (non-hydrogen) atoms. The summed E-state index contributed by atoms with van der Waals surface area (Å²) in [7, 11) is 0. The fourth-order valence-corrected chi connectivity index (χ4v) is 3.27. The molecular formula is C18H29N3S. The molecule has 0 bridgehead atoms. The van der Waals surface area contributed by atoms with E-state index in [0.29, 0.717) is 0 Å². The third kappa shape index (κ3) is 3.79. The second-order valence-corrected chi connectivity index (χ2v) is 6.82. The van der Waals surface area contributed by atoms with Crippen molar-refractivity contribution in [3.8, 4) is 0 Å². The molecule has 0 unspecified atom stereocenters. The van der Waals surface area contributed by atoms with Gasteiger partial charge in [0.2, 0.25) is 0 Å². The lowest BCUT2D eigenvalue weighted by Crippen LogP contribution is -2.51. The number of hydrogen-bond donors (Lipinski definition) is 2. The van der Waals surface area contributed by atoms with E-state index in [1.807, 2.05) is 5.01 Å². The number of hydrazine groups is 1. The molecule has 0 spiro atoms. The van der Waals surface area contributed by atoms with Gasteiger partial charge in [0.05, 0.1) is 5.69 Å². The third-order valence-electron chi connectivity index (χ3n) is 4.54. The van der Waals surface area contributed by atoms with Gasteiger partial charge < -0.3 is 5.32 Å². The van der Waals surface area contributed by atoms with Crippen molar-refractivity contribution in [1.82, 2.24) is 10.7 Å². The summed E-state index contributed by atoms with van der Waals surface area (Å²) in [6, 6.07) is 6.50. The van der Waals surface area contributed by atoms with Gasteiger partial charge in [0.25, 0.3) is 0 Å². The van der Waals surface area contributed by atoms with Crippen LogP contribution in [0, 0.1) is 13.8 Å². The summed E-state index contributed by atoms with van der Waals surface area (Å²) < 4.78 is 0. The van der Waals surface area contributed by atoms with E-state index in [1.54, 1.807) is 0 Å². The number of hydrogen-bond acceptors (Lipinski definition) is 2. The van der Waals surface area contributed by atoms with E-state index < -0.39 is 0 Å². The molecule has 1 saturated heterocycles. The van der Waals surface area contributed by atoms with Crippen LogP contribution >= 0.6 is 12.2 Å². The highest BCUT2D eigenvalue weighted by molar-refractivity contribution is 7.80. The molecule has 1 aromatic rings. The number of anilines is 1. The van der Waals surface area contributed by atoms with Crippen LogP contribution < -0.4 is 15.8 Å². The highest BCUT2D eigenvalue weighted by Gasteiger charge is 2.39. The second kappa shape index (κ2) is 7.42. The molecule has 1 aliphatic rings. The Morgan fingerprint density at radius 2 is 1.68 bits per heavy atom. The maximum absolute atomic E-state index is 5.60. The fourth-order valence-electron chi connectivity index (χ4n) is 2.92. The molecule has 1 fully saturated rings. The molecule has 122 valence electrons. The molecule has 0 saturated carbocycles. The van der Waals surface area contributed by atoms with Gasteiger partial charge in [-0.25, -0.2) is 5.43 Å². The predicted octanol–water partition coefficient (Wildman–Crippen LogP) is 4.58. The van der Waals surface area contributed by atoms with Crippen molar-refractivity contribution >= 4 is 23.0 Å². The molecule has 0 aliphatic carbocycles. The van der Waals surface area contributed by atoms with Crippen molar-refractivity contribution in [2.75, 3.05) is 5.01 Å². The zero-order chi connectivity index (χ0) is 16.2. The normalized spacial score (nSPS) is 16.9. The average Bonchev–Trinajstić information content (AvgIpc) is 2.83. The Morgan fingerprint density at radius 1 is 1.05 bits per heavy atom. The van der Waals surface area contributed by atoms with Gasteiger partial charge in [-0.2, -0.15) is 0 Å². The quantitative estimate of drug-likeness (QED) is 0.719. The number of unbranched alkanes of at least 4 members (excludes halogenated alkanes) is 2. The predicted molar refractivity (Wildman–Crippen MR) is 99.0 cm³/mol. The Labute approximate surface area is 140 Å². The second-order valence-electron chi connectivity index (χ2n) is 6.44. The highest BCUT2D eigenvalue weighted by Crippen LogP contribution is 2.28. The van der Waals surface area contributed by atoms with E-state index in [4.69, 9.17) is 12.2 Å². The highest BCUT2D eigenvalue weighted by atomic mass is 32.1. The largest absolute Gasteiger partial charge is 0.342 e. The Bertz CT molecular complexity index is 519. The third-order valence-corrected chi connectivity index (χ3v) is 4.82. The Balaban J connectivity index is 2.20. The molecule has 0 radical (unpaired) electrons. The summed E-state index contributed by atoms with van der Waals surface area (Å²) in [5.41, 5.74) is 7.31. The molecule has 1 aliphatic heterocycles. The average molecular weight is 320 g/mol. The summed E-state index contributed by atoms with van der Waals surface area (Å²) in [5.74, 6) is 0. The van der Waals surface area contributed by atoms with Crippen LogP contribution in [-0.4, -0.2) is 10.8 Å². The number of nitrogens with one attached hydrogen (secondary N) is 2. The van der Waals surface area contributed by atoms with Crippen molar-refractivity contribution in [3.05, 3.63) is 29.3 Å². The van der Waals surface area contributed by atoms with Crippen LogP contribution in [0.4, 0.5) is 5.69 Å². The van der Waals surface area contributed by atoms with Crippen LogP contribution in [0.5, 0.6) is 0 Å². The topological polar surface area (TPSA) is 27.3 Å². The first-order valence-electron chi connectivity index (χ1n) is 8.48. The van der Waals surface area contributed by atoms with Gasteiger partial charge in [-0.05, 0) is 75.0 Å². The molecule has 0 atom stereocenters. The van der Waals surface area contributed by atoms with Crippen molar-refractivity contribution in [3.63, 3.8) is 0 Å². The molecule has 0 amide bonds. The number of benzene rings is 1. The van der Waals surface area contributed by atoms with Crippen LogP contribution in [-0.2, 0) is 0 Å². The van der Waals surface area contributed by atoms with Gasteiger partial charge in [0, 0.05) is 0 Å². The van der Waals surface area contributed by atoms with E-state index in [-0.39, 0.29) is 5.66 Å². The maximum atomic E-state index is 5.60. The molecular weight excluding hydrogens is 290 g/mol. The molecule has 2 rings (SSSR count). The number of aryl methyl sites for hydroxylation is 2. The van der Waals surface area contributed by atoms with Crippen LogP contribution in [0.2, 0.25) is 0 Å². The maximum Gasteiger partial charge on any atom is 0.189 e. The zero-order valence-corrected chi connectivity index (χ0v) is 15.1. The zero-order valence-electron chi connectivity index (χ0n) is 14.3. The molecule has 0 aromatic heterocycles. The molecule has 1 aromatic carbocycles. The van der Waals surface area contributed by atoms with Crippen molar-refractivity contribution < 1.29 is 0 Å². The summed E-state index contributed by atoms with van der Waals surface area (Å²) in [5, 5.41) is 6.40. The minimum atomic E-state index is -0.0815.